The van der Waals surface area contributed by atoms with Gasteiger partial charge in [0.05, 0.1) is 12.6 Å². The second kappa shape index (κ2) is 7.95. The summed E-state index contributed by atoms with van der Waals surface area (Å²) in [5.41, 5.74) is 2.39. The second-order valence-electron chi connectivity index (χ2n) is 5.57. The van der Waals surface area contributed by atoms with Crippen molar-refractivity contribution in [2.75, 3.05) is 6.61 Å². The van der Waals surface area contributed by atoms with E-state index >= 15 is 0 Å². The van der Waals surface area contributed by atoms with Crippen LogP contribution >= 0.6 is 0 Å². The summed E-state index contributed by atoms with van der Waals surface area (Å²) in [7, 11) is 0. The minimum absolute atomic E-state index is 0.00830. The van der Waals surface area contributed by atoms with Gasteiger partial charge in [-0.15, -0.1) is 0 Å². The molecule has 106 valence electrons. The number of benzene rings is 1. The lowest BCUT2D eigenvalue weighted by Gasteiger charge is -2.18. The second-order valence-corrected chi connectivity index (χ2v) is 5.57. The first-order valence-corrected chi connectivity index (χ1v) is 6.97. The number of aryl methyl sites for hydroxylation is 2. The van der Waals surface area contributed by atoms with Gasteiger partial charge in [0.25, 0.3) is 0 Å². The maximum Gasteiger partial charge on any atom is 0.220 e. The lowest BCUT2D eigenvalue weighted by atomic mass is 10.0. The summed E-state index contributed by atoms with van der Waals surface area (Å²) >= 11 is 0. The number of hydrogen-bond acceptors (Lipinski definition) is 2. The van der Waals surface area contributed by atoms with Gasteiger partial charge < -0.3 is 10.4 Å². The first kappa shape index (κ1) is 15.7. The first-order valence-electron chi connectivity index (χ1n) is 6.97. The van der Waals surface area contributed by atoms with Gasteiger partial charge in [-0.2, -0.15) is 0 Å². The van der Waals surface area contributed by atoms with Crippen LogP contribution in [0.5, 0.6) is 0 Å². The van der Waals surface area contributed by atoms with E-state index in [1.165, 1.54) is 11.1 Å². The molecular weight excluding hydrogens is 238 g/mol. The molecule has 1 amide bonds. The van der Waals surface area contributed by atoms with Crippen LogP contribution in [0.4, 0.5) is 0 Å². The number of aliphatic hydroxyl groups is 1. The van der Waals surface area contributed by atoms with E-state index in [-0.39, 0.29) is 18.6 Å². The standard InChI is InChI=1S/C16H25NO2/c1-12(2)9-15(11-18)17-16(19)8-7-14-6-4-5-13(3)10-14/h4-6,10,12,15,18H,7-9,11H2,1-3H3,(H,17,19). The van der Waals surface area contributed by atoms with E-state index in [1.54, 1.807) is 0 Å². The average molecular weight is 263 g/mol. The lowest BCUT2D eigenvalue weighted by molar-refractivity contribution is -0.122. The molecule has 0 aliphatic rings. The van der Waals surface area contributed by atoms with E-state index in [9.17, 15) is 9.90 Å². The van der Waals surface area contributed by atoms with Gasteiger partial charge in [0, 0.05) is 6.42 Å². The lowest BCUT2D eigenvalue weighted by Crippen LogP contribution is -2.38. The van der Waals surface area contributed by atoms with Crippen molar-refractivity contribution >= 4 is 5.91 Å². The Morgan fingerprint density at radius 2 is 2.11 bits per heavy atom. The molecule has 0 bridgehead atoms. The Morgan fingerprint density at radius 1 is 1.37 bits per heavy atom. The zero-order valence-electron chi connectivity index (χ0n) is 12.1. The molecule has 0 saturated heterocycles. The molecule has 1 unspecified atom stereocenters. The number of rotatable bonds is 7. The van der Waals surface area contributed by atoms with Crippen molar-refractivity contribution in [2.24, 2.45) is 5.92 Å². The largest absolute Gasteiger partial charge is 0.394 e. The summed E-state index contributed by atoms with van der Waals surface area (Å²) in [6.45, 7) is 6.23. The van der Waals surface area contributed by atoms with E-state index < -0.39 is 0 Å². The molecule has 0 radical (unpaired) electrons. The Kier molecular flexibility index (Phi) is 6.57. The number of carbonyl (C=O) groups excluding carboxylic acids is 1. The van der Waals surface area contributed by atoms with Crippen LogP contribution in [0.2, 0.25) is 0 Å². The number of carbonyl (C=O) groups is 1. The summed E-state index contributed by atoms with van der Waals surface area (Å²) < 4.78 is 0. The Morgan fingerprint density at radius 3 is 2.68 bits per heavy atom. The van der Waals surface area contributed by atoms with Crippen LogP contribution in [0.3, 0.4) is 0 Å². The van der Waals surface area contributed by atoms with E-state index in [0.29, 0.717) is 12.3 Å². The molecular formula is C16H25NO2. The molecule has 2 N–H and O–H groups in total. The summed E-state index contributed by atoms with van der Waals surface area (Å²) in [6, 6.07) is 8.08. The highest BCUT2D eigenvalue weighted by Crippen LogP contribution is 2.08. The molecule has 0 saturated carbocycles. The Labute approximate surface area is 116 Å². The van der Waals surface area contributed by atoms with Gasteiger partial charge in [-0.1, -0.05) is 43.7 Å². The fraction of sp³-hybridized carbons (Fsp3) is 0.562. The average Bonchev–Trinajstić information content (AvgIpc) is 2.35. The summed E-state index contributed by atoms with van der Waals surface area (Å²) in [4.78, 5) is 11.8. The van der Waals surface area contributed by atoms with Gasteiger partial charge in [0.1, 0.15) is 0 Å². The molecule has 1 rings (SSSR count). The topological polar surface area (TPSA) is 49.3 Å². The Balaban J connectivity index is 2.38. The molecule has 3 nitrogen and oxygen atoms in total. The van der Waals surface area contributed by atoms with Crippen molar-refractivity contribution in [2.45, 2.75) is 46.1 Å². The van der Waals surface area contributed by atoms with Crippen molar-refractivity contribution in [3.8, 4) is 0 Å². The molecule has 1 atom stereocenters. The van der Waals surface area contributed by atoms with Crippen LogP contribution in [0.25, 0.3) is 0 Å². The third-order valence-electron chi connectivity index (χ3n) is 3.06. The number of hydrogen-bond donors (Lipinski definition) is 2. The van der Waals surface area contributed by atoms with Crippen molar-refractivity contribution in [1.82, 2.24) is 5.32 Å². The first-order chi connectivity index (χ1) is 9.01. The van der Waals surface area contributed by atoms with Crippen molar-refractivity contribution in [3.63, 3.8) is 0 Å². The van der Waals surface area contributed by atoms with Gasteiger partial charge in [-0.25, -0.2) is 0 Å². The van der Waals surface area contributed by atoms with Gasteiger partial charge in [-0.05, 0) is 31.2 Å². The maximum absolute atomic E-state index is 11.8. The molecule has 0 spiro atoms. The third-order valence-corrected chi connectivity index (χ3v) is 3.06. The third kappa shape index (κ3) is 6.39. The monoisotopic (exact) mass is 263 g/mol. The highest BCUT2D eigenvalue weighted by molar-refractivity contribution is 5.76. The van der Waals surface area contributed by atoms with Gasteiger partial charge in [0.2, 0.25) is 5.91 Å². The number of amides is 1. The van der Waals surface area contributed by atoms with Crippen LogP contribution in [0, 0.1) is 12.8 Å². The molecule has 0 heterocycles. The van der Waals surface area contributed by atoms with Crippen LogP contribution in [0.15, 0.2) is 24.3 Å². The fourth-order valence-corrected chi connectivity index (χ4v) is 2.17. The molecule has 0 aliphatic carbocycles. The van der Waals surface area contributed by atoms with Crippen molar-refractivity contribution in [1.29, 1.82) is 0 Å². The van der Waals surface area contributed by atoms with E-state index in [4.69, 9.17) is 0 Å². The molecule has 1 aromatic carbocycles. The van der Waals surface area contributed by atoms with Crippen LogP contribution < -0.4 is 5.32 Å². The minimum Gasteiger partial charge on any atom is -0.394 e. The predicted molar refractivity (Wildman–Crippen MR) is 78.0 cm³/mol. The molecule has 1 aromatic rings. The SMILES string of the molecule is Cc1cccc(CCC(=O)NC(CO)CC(C)C)c1. The van der Waals surface area contributed by atoms with Gasteiger partial charge >= 0.3 is 0 Å². The number of aliphatic hydroxyl groups excluding tert-OH is 1. The van der Waals surface area contributed by atoms with Crippen LogP contribution in [-0.4, -0.2) is 23.7 Å². The van der Waals surface area contributed by atoms with E-state index in [0.717, 1.165) is 12.8 Å². The quantitative estimate of drug-likeness (QED) is 0.794. The predicted octanol–water partition coefficient (Wildman–Crippen LogP) is 2.45. The number of nitrogens with one attached hydrogen (secondary N) is 1. The van der Waals surface area contributed by atoms with Crippen LogP contribution in [-0.2, 0) is 11.2 Å². The molecule has 3 heteroatoms. The van der Waals surface area contributed by atoms with Crippen molar-refractivity contribution in [3.05, 3.63) is 35.4 Å². The zero-order valence-corrected chi connectivity index (χ0v) is 12.1. The minimum atomic E-state index is -0.120. The van der Waals surface area contributed by atoms with Gasteiger partial charge in [-0.3, -0.25) is 4.79 Å². The summed E-state index contributed by atoms with van der Waals surface area (Å²) in [6.07, 6.45) is 2.03. The summed E-state index contributed by atoms with van der Waals surface area (Å²) in [5, 5.41) is 12.1. The Hall–Kier alpha value is -1.35. The fourth-order valence-electron chi connectivity index (χ4n) is 2.17. The highest BCUT2D eigenvalue weighted by Gasteiger charge is 2.12. The van der Waals surface area contributed by atoms with Crippen LogP contribution in [0.1, 0.15) is 37.8 Å². The van der Waals surface area contributed by atoms with E-state index in [1.807, 2.05) is 25.1 Å². The Bertz CT molecular complexity index is 401. The molecule has 0 aliphatic heterocycles. The molecule has 19 heavy (non-hydrogen) atoms. The smallest absolute Gasteiger partial charge is 0.220 e. The molecule has 0 fully saturated rings. The summed E-state index contributed by atoms with van der Waals surface area (Å²) in [5.74, 6) is 0.482. The maximum atomic E-state index is 11.8. The molecule has 0 aromatic heterocycles. The zero-order chi connectivity index (χ0) is 14.3. The van der Waals surface area contributed by atoms with Crippen molar-refractivity contribution < 1.29 is 9.90 Å². The van der Waals surface area contributed by atoms with Gasteiger partial charge in [0.15, 0.2) is 0 Å². The highest BCUT2D eigenvalue weighted by atomic mass is 16.3. The normalized spacial score (nSPS) is 12.5. The van der Waals surface area contributed by atoms with E-state index in [2.05, 4.69) is 25.2 Å².